The number of fused-ring (bicyclic) bond motifs is 1. The van der Waals surface area contributed by atoms with Crippen LogP contribution in [-0.4, -0.2) is 51.1 Å². The number of anilines is 1. The van der Waals surface area contributed by atoms with Gasteiger partial charge in [0.1, 0.15) is 12.0 Å². The van der Waals surface area contributed by atoms with Crippen LogP contribution in [0.2, 0.25) is 0 Å². The normalized spacial score (nSPS) is 15.6. The Kier molecular flexibility index (Phi) is 6.77. The zero-order valence-electron chi connectivity index (χ0n) is 18.7. The molecule has 0 saturated heterocycles. The fraction of sp³-hybridized carbons (Fsp3) is 0.250. The maximum Gasteiger partial charge on any atom is 0.338 e. The summed E-state index contributed by atoms with van der Waals surface area (Å²) in [6.07, 6.45) is 0. The maximum absolute atomic E-state index is 13.7. The second-order valence-corrected chi connectivity index (χ2v) is 7.35. The van der Waals surface area contributed by atoms with Crippen LogP contribution in [0, 0.1) is 5.92 Å². The van der Waals surface area contributed by atoms with E-state index in [4.69, 9.17) is 9.47 Å². The molecule has 34 heavy (non-hydrogen) atoms. The third kappa shape index (κ3) is 4.29. The van der Waals surface area contributed by atoms with Gasteiger partial charge in [0, 0.05) is 5.56 Å². The first-order chi connectivity index (χ1) is 16.6. The minimum Gasteiger partial charge on any atom is -0.465 e. The molecule has 0 amide bonds. The van der Waals surface area contributed by atoms with Crippen molar-refractivity contribution in [2.75, 3.05) is 18.5 Å². The lowest BCUT2D eigenvalue weighted by Gasteiger charge is -2.32. The molecule has 2 atom stereocenters. The molecule has 0 aliphatic carbocycles. The van der Waals surface area contributed by atoms with Crippen LogP contribution in [0.25, 0.3) is 5.70 Å². The number of Topliss-reactive ketones (excluding diaryl/α,β-unsaturated/α-hetero) is 1. The van der Waals surface area contributed by atoms with Crippen molar-refractivity contribution in [1.82, 2.24) is 20.2 Å². The van der Waals surface area contributed by atoms with E-state index in [9.17, 15) is 14.4 Å². The van der Waals surface area contributed by atoms with E-state index in [0.29, 0.717) is 11.3 Å². The first kappa shape index (κ1) is 22.8. The largest absolute Gasteiger partial charge is 0.465 e. The molecular formula is C24H23N5O5. The number of esters is 2. The number of tetrazole rings is 1. The minimum atomic E-state index is -1.44. The Hall–Kier alpha value is -4.34. The summed E-state index contributed by atoms with van der Waals surface area (Å²) in [5, 5.41) is 14.7. The summed E-state index contributed by atoms with van der Waals surface area (Å²) in [7, 11) is 0. The zero-order chi connectivity index (χ0) is 24.1. The van der Waals surface area contributed by atoms with Crippen LogP contribution in [0.3, 0.4) is 0 Å². The van der Waals surface area contributed by atoms with E-state index >= 15 is 0 Å². The van der Waals surface area contributed by atoms with Gasteiger partial charge in [-0.05, 0) is 29.8 Å². The Morgan fingerprint density at radius 1 is 0.971 bits per heavy atom. The van der Waals surface area contributed by atoms with Gasteiger partial charge in [-0.15, -0.1) is 0 Å². The Morgan fingerprint density at radius 2 is 1.62 bits per heavy atom. The Morgan fingerprint density at radius 3 is 2.26 bits per heavy atom. The average Bonchev–Trinajstić information content (AvgIpc) is 3.34. The van der Waals surface area contributed by atoms with Crippen LogP contribution in [0.1, 0.15) is 35.8 Å². The van der Waals surface area contributed by atoms with Gasteiger partial charge in [-0.2, -0.15) is 0 Å². The highest BCUT2D eigenvalue weighted by Gasteiger charge is 2.47. The number of carbonyl (C=O) groups excluding carboxylic acids is 3. The van der Waals surface area contributed by atoms with Gasteiger partial charge in [-0.1, -0.05) is 65.8 Å². The highest BCUT2D eigenvalue weighted by Crippen LogP contribution is 2.40. The molecule has 0 bridgehead atoms. The summed E-state index contributed by atoms with van der Waals surface area (Å²) in [6, 6.07) is 16.2. The molecule has 1 aliphatic heterocycles. The lowest BCUT2D eigenvalue weighted by atomic mass is 9.83. The predicted octanol–water partition coefficient (Wildman–Crippen LogP) is 2.68. The number of hydrogen-bond donors (Lipinski definition) is 1. The van der Waals surface area contributed by atoms with Crippen LogP contribution >= 0.6 is 0 Å². The Balaban J connectivity index is 1.96. The van der Waals surface area contributed by atoms with E-state index in [1.165, 1.54) is 4.68 Å². The molecule has 10 nitrogen and oxygen atoms in total. The molecule has 2 heterocycles. The van der Waals surface area contributed by atoms with Crippen molar-refractivity contribution >= 4 is 29.4 Å². The van der Waals surface area contributed by atoms with Crippen LogP contribution in [0.4, 0.5) is 5.95 Å². The molecule has 0 fully saturated rings. The van der Waals surface area contributed by atoms with Crippen molar-refractivity contribution in [3.8, 4) is 0 Å². The molecule has 1 aliphatic rings. The summed E-state index contributed by atoms with van der Waals surface area (Å²) < 4.78 is 11.9. The second-order valence-electron chi connectivity index (χ2n) is 7.35. The maximum atomic E-state index is 13.7. The third-order valence-corrected chi connectivity index (χ3v) is 5.31. The van der Waals surface area contributed by atoms with Crippen molar-refractivity contribution in [3.63, 3.8) is 0 Å². The molecule has 0 spiro atoms. The van der Waals surface area contributed by atoms with Gasteiger partial charge in [-0.25, -0.2) is 9.48 Å². The summed E-state index contributed by atoms with van der Waals surface area (Å²) in [5.41, 5.74) is 1.33. The van der Waals surface area contributed by atoms with Gasteiger partial charge >= 0.3 is 11.9 Å². The second kappa shape index (κ2) is 10.1. The topological polar surface area (TPSA) is 125 Å². The number of hydrogen-bond acceptors (Lipinski definition) is 9. The smallest absolute Gasteiger partial charge is 0.338 e. The van der Waals surface area contributed by atoms with E-state index in [1.54, 1.807) is 68.4 Å². The van der Waals surface area contributed by atoms with Crippen molar-refractivity contribution in [3.05, 3.63) is 77.4 Å². The quantitative estimate of drug-likeness (QED) is 0.306. The average molecular weight is 461 g/mol. The van der Waals surface area contributed by atoms with Crippen molar-refractivity contribution in [2.45, 2.75) is 19.9 Å². The van der Waals surface area contributed by atoms with E-state index in [0.717, 1.165) is 0 Å². The molecule has 2 aromatic carbocycles. The fourth-order valence-electron chi connectivity index (χ4n) is 3.88. The molecule has 2 unspecified atom stereocenters. The molecule has 4 rings (SSSR count). The number of benzene rings is 2. The first-order valence-electron chi connectivity index (χ1n) is 10.8. The zero-order valence-corrected chi connectivity index (χ0v) is 18.7. The monoisotopic (exact) mass is 461 g/mol. The summed E-state index contributed by atoms with van der Waals surface area (Å²) in [6.45, 7) is 3.46. The number of nitrogens with one attached hydrogen (secondary N) is 1. The number of nitrogens with zero attached hydrogens (tertiary/aromatic N) is 4. The molecule has 3 aromatic rings. The molecule has 0 saturated carbocycles. The van der Waals surface area contributed by atoms with Crippen molar-refractivity contribution < 1.29 is 23.9 Å². The fourth-order valence-corrected chi connectivity index (χ4v) is 3.88. The third-order valence-electron chi connectivity index (χ3n) is 5.31. The first-order valence-corrected chi connectivity index (χ1v) is 10.8. The van der Waals surface area contributed by atoms with Gasteiger partial charge < -0.3 is 14.8 Å². The lowest BCUT2D eigenvalue weighted by molar-refractivity contribution is -0.147. The van der Waals surface area contributed by atoms with Gasteiger partial charge in [0.25, 0.3) is 0 Å². The number of ether oxygens (including phenoxy) is 2. The van der Waals surface area contributed by atoms with Crippen LogP contribution in [0.5, 0.6) is 0 Å². The van der Waals surface area contributed by atoms with Gasteiger partial charge in [0.15, 0.2) is 5.78 Å². The van der Waals surface area contributed by atoms with Crippen LogP contribution in [-0.2, 0) is 19.1 Å². The summed E-state index contributed by atoms with van der Waals surface area (Å²) >= 11 is 0. The summed E-state index contributed by atoms with van der Waals surface area (Å²) in [5.74, 6) is -3.28. The van der Waals surface area contributed by atoms with E-state index < -0.39 is 29.7 Å². The molecule has 0 radical (unpaired) electrons. The molecule has 174 valence electrons. The number of aromatic nitrogens is 4. The Bertz CT molecular complexity index is 1220. The highest BCUT2D eigenvalue weighted by atomic mass is 16.5. The molecule has 1 N–H and O–H groups in total. The number of carbonyl (C=O) groups is 3. The SMILES string of the molecule is CCOC(=O)C1=C(c2ccccc2)Nc2nnnn2C1C(C(=O)OCC)C(=O)c1ccccc1. The van der Waals surface area contributed by atoms with Gasteiger partial charge in [0.05, 0.1) is 24.5 Å². The van der Waals surface area contributed by atoms with E-state index in [1.807, 2.05) is 6.07 Å². The number of rotatable bonds is 8. The molecule has 1 aromatic heterocycles. The van der Waals surface area contributed by atoms with Crippen molar-refractivity contribution in [1.29, 1.82) is 0 Å². The predicted molar refractivity (Wildman–Crippen MR) is 121 cm³/mol. The summed E-state index contributed by atoms with van der Waals surface area (Å²) in [4.78, 5) is 40.2. The van der Waals surface area contributed by atoms with Crippen LogP contribution in [0.15, 0.2) is 66.2 Å². The van der Waals surface area contributed by atoms with Gasteiger partial charge in [-0.3, -0.25) is 9.59 Å². The van der Waals surface area contributed by atoms with E-state index in [2.05, 4.69) is 20.8 Å². The molecule has 10 heteroatoms. The standard InChI is InChI=1S/C24H23N5O5/c1-3-33-22(31)17-19(15-11-7-5-8-12-15)25-24-26-27-28-29(24)20(17)18(23(32)34-4-2)21(30)16-13-9-6-10-14-16/h5-14,18,20H,3-4H2,1-2H3,(H,25,26,28). The van der Waals surface area contributed by atoms with Crippen LogP contribution < -0.4 is 5.32 Å². The van der Waals surface area contributed by atoms with Gasteiger partial charge in [0.2, 0.25) is 5.95 Å². The minimum absolute atomic E-state index is 0.0504. The molecular weight excluding hydrogens is 438 g/mol. The Labute approximate surface area is 195 Å². The van der Waals surface area contributed by atoms with E-state index in [-0.39, 0.29) is 30.3 Å². The van der Waals surface area contributed by atoms with Crippen molar-refractivity contribution in [2.24, 2.45) is 5.92 Å². The lowest BCUT2D eigenvalue weighted by Crippen LogP contribution is -2.41. The highest BCUT2D eigenvalue weighted by molar-refractivity contribution is 6.12. The number of ketones is 1.